The van der Waals surface area contributed by atoms with Crippen LogP contribution in [0.2, 0.25) is 0 Å². The van der Waals surface area contributed by atoms with E-state index in [0.29, 0.717) is 24.1 Å². The molecule has 0 saturated heterocycles. The first-order chi connectivity index (χ1) is 7.63. The summed E-state index contributed by atoms with van der Waals surface area (Å²) < 4.78 is 0.00340. The number of halogens is 1. The third-order valence-electron chi connectivity index (χ3n) is 1.86. The Morgan fingerprint density at radius 1 is 1.44 bits per heavy atom. The van der Waals surface area contributed by atoms with Gasteiger partial charge in [-0.05, 0) is 40.8 Å². The van der Waals surface area contributed by atoms with Crippen LogP contribution in [0, 0.1) is 11.3 Å². The molecule has 0 fully saturated rings. The van der Waals surface area contributed by atoms with Gasteiger partial charge in [-0.1, -0.05) is 6.07 Å². The maximum absolute atomic E-state index is 11.6. The quantitative estimate of drug-likeness (QED) is 0.675. The van der Waals surface area contributed by atoms with E-state index in [4.69, 9.17) is 5.26 Å². The fourth-order valence-electron chi connectivity index (χ4n) is 1.11. The summed E-state index contributed by atoms with van der Waals surface area (Å²) in [5, 5.41) is 11.3. The second-order valence-electron chi connectivity index (χ2n) is 3.05. The molecular formula is C11H9IN2O2. The summed E-state index contributed by atoms with van der Waals surface area (Å²) in [4.78, 5) is 22.2. The van der Waals surface area contributed by atoms with Crippen LogP contribution in [0.25, 0.3) is 0 Å². The zero-order valence-electron chi connectivity index (χ0n) is 8.37. The lowest BCUT2D eigenvalue weighted by atomic mass is 10.1. The Morgan fingerprint density at radius 2 is 2.19 bits per heavy atom. The van der Waals surface area contributed by atoms with Crippen LogP contribution < -0.4 is 5.32 Å². The SMILES string of the molecule is N#Cc1cccc(C(=O)NCCC(=O)I)c1. The van der Waals surface area contributed by atoms with Crippen LogP contribution in [0.5, 0.6) is 0 Å². The molecule has 5 heteroatoms. The predicted octanol–water partition coefficient (Wildman–Crippen LogP) is 1.64. The molecule has 0 radical (unpaired) electrons. The number of carbonyl (C=O) groups excluding carboxylic acids is 2. The topological polar surface area (TPSA) is 70.0 Å². The van der Waals surface area contributed by atoms with Gasteiger partial charge < -0.3 is 5.32 Å². The van der Waals surface area contributed by atoms with Gasteiger partial charge in [-0.25, -0.2) is 0 Å². The van der Waals surface area contributed by atoms with Crippen LogP contribution in [-0.4, -0.2) is 16.2 Å². The number of nitrogens with one attached hydrogen (secondary N) is 1. The molecular weight excluding hydrogens is 319 g/mol. The van der Waals surface area contributed by atoms with Gasteiger partial charge in [-0.15, -0.1) is 0 Å². The van der Waals surface area contributed by atoms with Gasteiger partial charge in [0, 0.05) is 18.5 Å². The molecule has 0 aromatic heterocycles. The molecule has 4 nitrogen and oxygen atoms in total. The highest BCUT2D eigenvalue weighted by molar-refractivity contribution is 14.1. The van der Waals surface area contributed by atoms with Gasteiger partial charge in [-0.2, -0.15) is 5.26 Å². The lowest BCUT2D eigenvalue weighted by molar-refractivity contribution is -0.109. The Kier molecular flexibility index (Phi) is 4.92. The predicted molar refractivity (Wildman–Crippen MR) is 67.1 cm³/mol. The average molecular weight is 328 g/mol. The van der Waals surface area contributed by atoms with E-state index >= 15 is 0 Å². The Labute approximate surface area is 107 Å². The van der Waals surface area contributed by atoms with E-state index in [2.05, 4.69) is 5.32 Å². The Bertz CT molecular complexity index is 452. The third kappa shape index (κ3) is 3.98. The molecule has 0 bridgehead atoms. The molecule has 0 heterocycles. The number of nitriles is 1. The molecule has 1 aromatic carbocycles. The van der Waals surface area contributed by atoms with Gasteiger partial charge in [0.25, 0.3) is 5.91 Å². The maximum Gasteiger partial charge on any atom is 0.251 e. The van der Waals surface area contributed by atoms with E-state index in [1.54, 1.807) is 40.8 Å². The van der Waals surface area contributed by atoms with Crippen molar-refractivity contribution in [2.24, 2.45) is 0 Å². The standard InChI is InChI=1S/C11H9IN2O2/c12-10(15)4-5-14-11(16)9-3-1-2-8(6-9)7-13/h1-3,6H,4-5H2,(H,14,16). The Hall–Kier alpha value is -1.42. The summed E-state index contributed by atoms with van der Waals surface area (Å²) in [6.07, 6.45) is 0.310. The molecule has 1 amide bonds. The molecule has 0 aliphatic rings. The van der Waals surface area contributed by atoms with E-state index < -0.39 is 0 Å². The number of hydrogen-bond donors (Lipinski definition) is 1. The van der Waals surface area contributed by atoms with Crippen LogP contribution in [0.1, 0.15) is 22.3 Å². The van der Waals surface area contributed by atoms with Crippen molar-refractivity contribution >= 4 is 32.3 Å². The molecule has 0 spiro atoms. The number of carbonyl (C=O) groups is 2. The van der Waals surface area contributed by atoms with Crippen molar-refractivity contribution in [3.8, 4) is 6.07 Å². The van der Waals surface area contributed by atoms with Gasteiger partial charge in [0.2, 0.25) is 0 Å². The highest BCUT2D eigenvalue weighted by atomic mass is 127. The first-order valence-corrected chi connectivity index (χ1v) is 5.68. The van der Waals surface area contributed by atoms with Gasteiger partial charge in [0.15, 0.2) is 3.79 Å². The van der Waals surface area contributed by atoms with Gasteiger partial charge in [0.1, 0.15) is 0 Å². The minimum absolute atomic E-state index is 0.00340. The molecule has 0 unspecified atom stereocenters. The molecule has 0 aliphatic carbocycles. The summed E-state index contributed by atoms with van der Waals surface area (Å²) >= 11 is 1.68. The fraction of sp³-hybridized carbons (Fsp3) is 0.182. The number of benzene rings is 1. The normalized spacial score (nSPS) is 9.25. The van der Waals surface area contributed by atoms with Crippen molar-refractivity contribution in [1.82, 2.24) is 5.32 Å². The molecule has 16 heavy (non-hydrogen) atoms. The van der Waals surface area contributed by atoms with Crippen molar-refractivity contribution in [1.29, 1.82) is 5.26 Å². The molecule has 1 rings (SSSR count). The Balaban J connectivity index is 2.59. The molecule has 82 valence electrons. The molecule has 0 atom stereocenters. The second-order valence-corrected chi connectivity index (χ2v) is 4.26. The summed E-state index contributed by atoms with van der Waals surface area (Å²) in [6.45, 7) is 0.317. The summed E-state index contributed by atoms with van der Waals surface area (Å²) in [5.41, 5.74) is 0.873. The Morgan fingerprint density at radius 3 is 2.81 bits per heavy atom. The first-order valence-electron chi connectivity index (χ1n) is 4.60. The summed E-state index contributed by atoms with van der Waals surface area (Å²) in [6, 6.07) is 8.38. The summed E-state index contributed by atoms with van der Waals surface area (Å²) in [7, 11) is 0. The van der Waals surface area contributed by atoms with Crippen molar-refractivity contribution in [2.45, 2.75) is 6.42 Å². The van der Waals surface area contributed by atoms with E-state index in [1.807, 2.05) is 6.07 Å². The van der Waals surface area contributed by atoms with E-state index in [0.717, 1.165) is 0 Å². The van der Waals surface area contributed by atoms with Crippen molar-refractivity contribution in [3.05, 3.63) is 35.4 Å². The highest BCUT2D eigenvalue weighted by Crippen LogP contribution is 2.03. The average Bonchev–Trinajstić information content (AvgIpc) is 2.28. The smallest absolute Gasteiger partial charge is 0.251 e. The highest BCUT2D eigenvalue weighted by Gasteiger charge is 2.05. The molecule has 1 aromatic rings. The van der Waals surface area contributed by atoms with Crippen LogP contribution >= 0.6 is 22.6 Å². The monoisotopic (exact) mass is 328 g/mol. The van der Waals surface area contributed by atoms with Crippen LogP contribution in [-0.2, 0) is 4.79 Å². The lowest BCUT2D eigenvalue weighted by Gasteiger charge is -2.03. The van der Waals surface area contributed by atoms with E-state index in [1.165, 1.54) is 6.07 Å². The van der Waals surface area contributed by atoms with Gasteiger partial charge in [-0.3, -0.25) is 9.59 Å². The zero-order valence-corrected chi connectivity index (χ0v) is 10.5. The number of hydrogen-bond acceptors (Lipinski definition) is 3. The minimum Gasteiger partial charge on any atom is -0.352 e. The number of amides is 1. The zero-order chi connectivity index (χ0) is 12.0. The van der Waals surface area contributed by atoms with Crippen LogP contribution in [0.3, 0.4) is 0 Å². The van der Waals surface area contributed by atoms with Gasteiger partial charge in [0.05, 0.1) is 11.6 Å². The van der Waals surface area contributed by atoms with E-state index in [9.17, 15) is 9.59 Å². The second kappa shape index (κ2) is 6.23. The molecule has 0 saturated carbocycles. The third-order valence-corrected chi connectivity index (χ3v) is 2.40. The molecule has 0 aliphatic heterocycles. The minimum atomic E-state index is -0.269. The van der Waals surface area contributed by atoms with Crippen LogP contribution in [0.15, 0.2) is 24.3 Å². The van der Waals surface area contributed by atoms with Gasteiger partial charge >= 0.3 is 0 Å². The first kappa shape index (κ1) is 12.6. The largest absolute Gasteiger partial charge is 0.352 e. The molecule has 1 N–H and O–H groups in total. The maximum atomic E-state index is 11.6. The van der Waals surface area contributed by atoms with Crippen molar-refractivity contribution in [3.63, 3.8) is 0 Å². The van der Waals surface area contributed by atoms with Crippen molar-refractivity contribution in [2.75, 3.05) is 6.54 Å². The summed E-state index contributed by atoms with van der Waals surface area (Å²) in [5.74, 6) is -0.269. The van der Waals surface area contributed by atoms with E-state index in [-0.39, 0.29) is 9.70 Å². The van der Waals surface area contributed by atoms with Crippen LogP contribution in [0.4, 0.5) is 0 Å². The lowest BCUT2D eigenvalue weighted by Crippen LogP contribution is -2.25. The van der Waals surface area contributed by atoms with Crippen molar-refractivity contribution < 1.29 is 9.59 Å². The number of rotatable bonds is 4. The number of nitrogens with zero attached hydrogens (tertiary/aromatic N) is 1. The fourth-order valence-corrected chi connectivity index (χ4v) is 1.38.